The lowest BCUT2D eigenvalue weighted by Crippen LogP contribution is -2.44. The maximum absolute atomic E-state index is 12.4. The average Bonchev–Trinajstić information content (AvgIpc) is 2.32. The number of hydrogen-bond acceptors (Lipinski definition) is 2. The number of aryl methyl sites for hydroxylation is 1. The lowest BCUT2D eigenvalue weighted by Gasteiger charge is -2.31. The number of morpholine rings is 1. The van der Waals surface area contributed by atoms with E-state index in [1.54, 1.807) is 0 Å². The molecule has 0 aromatic heterocycles. The van der Waals surface area contributed by atoms with E-state index in [9.17, 15) is 4.79 Å². The maximum atomic E-state index is 12.4. The Morgan fingerprint density at radius 2 is 2.29 bits per heavy atom. The summed E-state index contributed by atoms with van der Waals surface area (Å²) in [4.78, 5) is 14.3. The molecule has 0 radical (unpaired) electrons. The molecule has 0 aliphatic carbocycles. The first kappa shape index (κ1) is 12.8. The molecular weight excluding hydrogens is 329 g/mol. The van der Waals surface area contributed by atoms with Crippen LogP contribution in [0.25, 0.3) is 0 Å². The van der Waals surface area contributed by atoms with Crippen molar-refractivity contribution in [3.8, 4) is 0 Å². The molecule has 1 fully saturated rings. The second-order valence-corrected chi connectivity index (χ2v) is 5.45. The highest BCUT2D eigenvalue weighted by atomic mass is 127. The van der Waals surface area contributed by atoms with E-state index >= 15 is 0 Å². The predicted molar refractivity (Wildman–Crippen MR) is 75.2 cm³/mol. The molecule has 1 aliphatic rings. The lowest BCUT2D eigenvalue weighted by atomic mass is 10.1. The van der Waals surface area contributed by atoms with Gasteiger partial charge in [-0.1, -0.05) is 12.1 Å². The van der Waals surface area contributed by atoms with Gasteiger partial charge in [-0.05, 0) is 48.1 Å². The summed E-state index contributed by atoms with van der Waals surface area (Å²) < 4.78 is 6.50. The quantitative estimate of drug-likeness (QED) is 0.732. The van der Waals surface area contributed by atoms with Crippen LogP contribution in [-0.2, 0) is 4.74 Å². The van der Waals surface area contributed by atoms with Crippen molar-refractivity contribution < 1.29 is 9.53 Å². The van der Waals surface area contributed by atoms with Gasteiger partial charge in [0, 0.05) is 16.7 Å². The normalized spacial score (nSPS) is 20.4. The van der Waals surface area contributed by atoms with Crippen molar-refractivity contribution in [3.63, 3.8) is 0 Å². The van der Waals surface area contributed by atoms with Crippen LogP contribution in [0.4, 0.5) is 0 Å². The number of halogens is 1. The fraction of sp³-hybridized carbons (Fsp3) is 0.462. The summed E-state index contributed by atoms with van der Waals surface area (Å²) in [6, 6.07) is 5.87. The van der Waals surface area contributed by atoms with Gasteiger partial charge in [-0.2, -0.15) is 0 Å². The van der Waals surface area contributed by atoms with Crippen LogP contribution in [0.15, 0.2) is 18.2 Å². The summed E-state index contributed by atoms with van der Waals surface area (Å²) in [5, 5.41) is 0. The number of carbonyl (C=O) groups is 1. The number of hydrogen-bond donors (Lipinski definition) is 0. The number of nitrogens with zero attached hydrogens (tertiary/aromatic N) is 1. The van der Waals surface area contributed by atoms with E-state index in [-0.39, 0.29) is 12.0 Å². The van der Waals surface area contributed by atoms with Crippen LogP contribution in [-0.4, -0.2) is 36.6 Å². The molecule has 1 heterocycles. The Morgan fingerprint density at radius 1 is 1.53 bits per heavy atom. The molecule has 0 bridgehead atoms. The van der Waals surface area contributed by atoms with Crippen LogP contribution in [0.5, 0.6) is 0 Å². The topological polar surface area (TPSA) is 29.5 Å². The monoisotopic (exact) mass is 345 g/mol. The second-order valence-electron chi connectivity index (χ2n) is 4.37. The molecule has 3 nitrogen and oxygen atoms in total. The van der Waals surface area contributed by atoms with Crippen LogP contribution in [0.2, 0.25) is 0 Å². The minimum Gasteiger partial charge on any atom is -0.375 e. The van der Waals surface area contributed by atoms with E-state index in [0.29, 0.717) is 19.7 Å². The van der Waals surface area contributed by atoms with Crippen molar-refractivity contribution in [1.29, 1.82) is 0 Å². The molecule has 1 amide bonds. The highest BCUT2D eigenvalue weighted by molar-refractivity contribution is 14.1. The molecule has 1 saturated heterocycles. The van der Waals surface area contributed by atoms with Crippen molar-refractivity contribution in [2.75, 3.05) is 19.7 Å². The number of benzene rings is 1. The highest BCUT2D eigenvalue weighted by Gasteiger charge is 2.23. The van der Waals surface area contributed by atoms with Gasteiger partial charge in [0.05, 0.1) is 18.3 Å². The maximum Gasteiger partial charge on any atom is 0.255 e. The van der Waals surface area contributed by atoms with E-state index in [0.717, 1.165) is 14.7 Å². The summed E-state index contributed by atoms with van der Waals surface area (Å²) in [6.07, 6.45) is 0.134. The van der Waals surface area contributed by atoms with Gasteiger partial charge in [-0.25, -0.2) is 0 Å². The summed E-state index contributed by atoms with van der Waals surface area (Å²) in [5.41, 5.74) is 1.96. The molecule has 4 heteroatoms. The van der Waals surface area contributed by atoms with Crippen molar-refractivity contribution in [2.45, 2.75) is 20.0 Å². The summed E-state index contributed by atoms with van der Waals surface area (Å²) in [6.45, 7) is 6.03. The Kier molecular flexibility index (Phi) is 4.04. The second kappa shape index (κ2) is 5.35. The van der Waals surface area contributed by atoms with E-state index in [4.69, 9.17) is 4.74 Å². The van der Waals surface area contributed by atoms with Gasteiger partial charge in [-0.3, -0.25) is 4.79 Å². The van der Waals surface area contributed by atoms with E-state index in [1.165, 1.54) is 0 Å². The third-order valence-electron chi connectivity index (χ3n) is 2.95. The van der Waals surface area contributed by atoms with Gasteiger partial charge in [0.1, 0.15) is 0 Å². The zero-order valence-electron chi connectivity index (χ0n) is 10.1. The average molecular weight is 345 g/mol. The molecule has 17 heavy (non-hydrogen) atoms. The number of carbonyl (C=O) groups excluding carboxylic acids is 1. The van der Waals surface area contributed by atoms with Crippen LogP contribution < -0.4 is 0 Å². The first-order valence-corrected chi connectivity index (χ1v) is 6.83. The molecule has 0 spiro atoms. The SMILES string of the molecule is Cc1cccc(C(=O)N2CCO[C@H](C)C2)c1I. The molecule has 0 N–H and O–H groups in total. The molecule has 0 unspecified atom stereocenters. The minimum atomic E-state index is 0.119. The fourth-order valence-electron chi connectivity index (χ4n) is 1.99. The van der Waals surface area contributed by atoms with Crippen LogP contribution in [0.3, 0.4) is 0 Å². The number of amides is 1. The van der Waals surface area contributed by atoms with Crippen molar-refractivity contribution in [2.24, 2.45) is 0 Å². The third-order valence-corrected chi connectivity index (χ3v) is 4.38. The Hall–Kier alpha value is -0.620. The molecule has 1 aromatic carbocycles. The van der Waals surface area contributed by atoms with Crippen molar-refractivity contribution in [3.05, 3.63) is 32.9 Å². The molecule has 2 rings (SSSR count). The first-order valence-electron chi connectivity index (χ1n) is 5.75. The molecule has 92 valence electrons. The van der Waals surface area contributed by atoms with Crippen molar-refractivity contribution >= 4 is 28.5 Å². The highest BCUT2D eigenvalue weighted by Crippen LogP contribution is 2.19. The van der Waals surface area contributed by atoms with Gasteiger partial charge >= 0.3 is 0 Å². The van der Waals surface area contributed by atoms with E-state index in [1.807, 2.05) is 36.9 Å². The lowest BCUT2D eigenvalue weighted by molar-refractivity contribution is -0.0124. The van der Waals surface area contributed by atoms with E-state index in [2.05, 4.69) is 22.6 Å². The molecule has 1 aromatic rings. The summed E-state index contributed by atoms with van der Waals surface area (Å²) in [5.74, 6) is 0.119. The Labute approximate surface area is 115 Å². The van der Waals surface area contributed by atoms with Crippen LogP contribution in [0.1, 0.15) is 22.8 Å². The zero-order valence-corrected chi connectivity index (χ0v) is 12.2. The Bertz CT molecular complexity index is 433. The van der Waals surface area contributed by atoms with Gasteiger partial charge in [0.15, 0.2) is 0 Å². The Morgan fingerprint density at radius 3 is 3.00 bits per heavy atom. The summed E-state index contributed by atoms with van der Waals surface area (Å²) in [7, 11) is 0. The molecule has 1 atom stereocenters. The molecule has 0 saturated carbocycles. The van der Waals surface area contributed by atoms with Gasteiger partial charge < -0.3 is 9.64 Å². The van der Waals surface area contributed by atoms with E-state index < -0.39 is 0 Å². The number of rotatable bonds is 1. The van der Waals surface area contributed by atoms with Gasteiger partial charge in [-0.15, -0.1) is 0 Å². The third kappa shape index (κ3) is 2.80. The minimum absolute atomic E-state index is 0.119. The van der Waals surface area contributed by atoms with Crippen LogP contribution >= 0.6 is 22.6 Å². The smallest absolute Gasteiger partial charge is 0.255 e. The summed E-state index contributed by atoms with van der Waals surface area (Å²) >= 11 is 2.24. The fourth-order valence-corrected chi connectivity index (χ4v) is 2.58. The zero-order chi connectivity index (χ0) is 12.4. The molecule has 1 aliphatic heterocycles. The van der Waals surface area contributed by atoms with Gasteiger partial charge in [0.2, 0.25) is 0 Å². The first-order chi connectivity index (χ1) is 8.09. The largest absolute Gasteiger partial charge is 0.375 e. The van der Waals surface area contributed by atoms with Gasteiger partial charge in [0.25, 0.3) is 5.91 Å². The molecular formula is C13H16INO2. The van der Waals surface area contributed by atoms with Crippen LogP contribution in [0, 0.1) is 10.5 Å². The number of ether oxygens (including phenoxy) is 1. The predicted octanol–water partition coefficient (Wildman–Crippen LogP) is 2.46. The Balaban J connectivity index is 2.22. The van der Waals surface area contributed by atoms with Crippen molar-refractivity contribution in [1.82, 2.24) is 4.90 Å². The standard InChI is InChI=1S/C13H16INO2/c1-9-4-3-5-11(12(9)14)13(16)15-6-7-17-10(2)8-15/h3-5,10H,6-8H2,1-2H3/t10-/m1/s1.